The van der Waals surface area contributed by atoms with Crippen molar-refractivity contribution < 1.29 is 0 Å². The molecule has 0 spiro atoms. The summed E-state index contributed by atoms with van der Waals surface area (Å²) in [5.74, 6) is 3.30. The lowest BCUT2D eigenvalue weighted by Gasteiger charge is -2.16. The Balaban J connectivity index is 1.18. The molecule has 0 radical (unpaired) electrons. The van der Waals surface area contributed by atoms with Crippen molar-refractivity contribution in [3.63, 3.8) is 0 Å². The van der Waals surface area contributed by atoms with Gasteiger partial charge in [0, 0.05) is 33.4 Å². The molecule has 10 rings (SSSR count). The van der Waals surface area contributed by atoms with Gasteiger partial charge in [-0.1, -0.05) is 188 Å². The summed E-state index contributed by atoms with van der Waals surface area (Å²) in [6.45, 7) is 0. The van der Waals surface area contributed by atoms with Crippen LogP contribution in [0.15, 0.2) is 212 Å². The zero-order valence-corrected chi connectivity index (χ0v) is 33.3. The van der Waals surface area contributed by atoms with Gasteiger partial charge in [-0.25, -0.2) is 29.9 Å². The van der Waals surface area contributed by atoms with Crippen LogP contribution in [0, 0.1) is 11.3 Å². The quantitative estimate of drug-likeness (QED) is 0.143. The second-order valence-electron chi connectivity index (χ2n) is 14.7. The van der Waals surface area contributed by atoms with Gasteiger partial charge in [0.15, 0.2) is 34.9 Å². The maximum Gasteiger partial charge on any atom is 0.164 e. The predicted molar refractivity (Wildman–Crippen MR) is 247 cm³/mol. The van der Waals surface area contributed by atoms with E-state index in [1.165, 1.54) is 0 Å². The van der Waals surface area contributed by atoms with Crippen molar-refractivity contribution >= 4 is 0 Å². The number of nitriles is 1. The van der Waals surface area contributed by atoms with Gasteiger partial charge in [-0.15, -0.1) is 0 Å². The number of aromatic nitrogens is 6. The van der Waals surface area contributed by atoms with Gasteiger partial charge < -0.3 is 0 Å². The molecule has 290 valence electrons. The summed E-state index contributed by atoms with van der Waals surface area (Å²) in [6, 6.07) is 72.9. The summed E-state index contributed by atoms with van der Waals surface area (Å²) in [4.78, 5) is 30.6. The Morgan fingerprint density at radius 2 is 0.629 bits per heavy atom. The van der Waals surface area contributed by atoms with Crippen LogP contribution < -0.4 is 0 Å². The van der Waals surface area contributed by atoms with E-state index in [-0.39, 0.29) is 0 Å². The predicted octanol–water partition coefficient (Wildman–Crippen LogP) is 12.9. The molecule has 7 heteroatoms. The molecule has 0 fully saturated rings. The number of rotatable bonds is 9. The van der Waals surface area contributed by atoms with Crippen LogP contribution in [0.3, 0.4) is 0 Å². The van der Waals surface area contributed by atoms with Crippen molar-refractivity contribution in [1.29, 1.82) is 5.26 Å². The van der Waals surface area contributed by atoms with Crippen molar-refractivity contribution in [3.05, 3.63) is 218 Å². The van der Waals surface area contributed by atoms with E-state index < -0.39 is 0 Å². The second-order valence-corrected chi connectivity index (χ2v) is 14.7. The molecular weight excluding hydrogens is 759 g/mol. The SMILES string of the molecule is N#Cc1cccc(-c2ccc(-c3ccccc3-c3nc(-c4ccccc4)nc(-c4ccccc4)n3)cc2-c2nc(-c3ccccc3)nc(-c3cccc(-c4ccccc4)c3)n2)c1. The first-order valence-corrected chi connectivity index (χ1v) is 20.3. The van der Waals surface area contributed by atoms with E-state index in [1.807, 2.05) is 164 Å². The van der Waals surface area contributed by atoms with Crippen LogP contribution in [0.4, 0.5) is 0 Å². The van der Waals surface area contributed by atoms with E-state index in [4.69, 9.17) is 29.9 Å². The second kappa shape index (κ2) is 16.9. The monoisotopic (exact) mass is 793 g/mol. The highest BCUT2D eigenvalue weighted by molar-refractivity contribution is 5.89. The summed E-state index contributed by atoms with van der Waals surface area (Å²) in [5, 5.41) is 9.94. The zero-order chi connectivity index (χ0) is 41.7. The lowest BCUT2D eigenvalue weighted by Crippen LogP contribution is -2.02. The molecule has 0 unspecified atom stereocenters. The van der Waals surface area contributed by atoms with Gasteiger partial charge in [0.25, 0.3) is 0 Å². The fourth-order valence-corrected chi connectivity index (χ4v) is 7.57. The van der Waals surface area contributed by atoms with E-state index in [1.54, 1.807) is 0 Å². The molecular formula is C55H35N7. The molecule has 0 bridgehead atoms. The van der Waals surface area contributed by atoms with Crippen LogP contribution in [-0.2, 0) is 0 Å². The van der Waals surface area contributed by atoms with Gasteiger partial charge in [0.05, 0.1) is 11.6 Å². The Hall–Kier alpha value is -8.73. The largest absolute Gasteiger partial charge is 0.208 e. The fourth-order valence-electron chi connectivity index (χ4n) is 7.57. The minimum absolute atomic E-state index is 0.494. The number of hydrogen-bond donors (Lipinski definition) is 0. The molecule has 2 heterocycles. The van der Waals surface area contributed by atoms with Gasteiger partial charge >= 0.3 is 0 Å². The van der Waals surface area contributed by atoms with E-state index in [9.17, 15) is 5.26 Å². The van der Waals surface area contributed by atoms with Crippen molar-refractivity contribution in [2.75, 3.05) is 0 Å². The van der Waals surface area contributed by atoms with E-state index >= 15 is 0 Å². The fraction of sp³-hybridized carbons (Fsp3) is 0. The maximum absolute atomic E-state index is 9.94. The van der Waals surface area contributed by atoms with Crippen LogP contribution in [0.2, 0.25) is 0 Å². The minimum Gasteiger partial charge on any atom is -0.208 e. The molecule has 0 saturated heterocycles. The molecule has 10 aromatic rings. The lowest BCUT2D eigenvalue weighted by atomic mass is 9.92. The maximum atomic E-state index is 9.94. The molecule has 0 aliphatic heterocycles. The third-order valence-corrected chi connectivity index (χ3v) is 10.6. The van der Waals surface area contributed by atoms with Gasteiger partial charge in [-0.2, -0.15) is 5.26 Å². The highest BCUT2D eigenvalue weighted by Gasteiger charge is 2.20. The highest BCUT2D eigenvalue weighted by atomic mass is 15.0. The first kappa shape index (κ1) is 37.5. The van der Waals surface area contributed by atoms with E-state index in [2.05, 4.69) is 54.6 Å². The van der Waals surface area contributed by atoms with Crippen LogP contribution in [0.1, 0.15) is 5.56 Å². The topological polar surface area (TPSA) is 101 Å². The Bertz CT molecular complexity index is 3180. The molecule has 7 nitrogen and oxygen atoms in total. The molecule has 0 aliphatic carbocycles. The van der Waals surface area contributed by atoms with Gasteiger partial charge in [0.1, 0.15) is 0 Å². The summed E-state index contributed by atoms with van der Waals surface area (Å²) in [5.41, 5.74) is 11.4. The normalized spacial score (nSPS) is 10.9. The molecule has 8 aromatic carbocycles. The van der Waals surface area contributed by atoms with Crippen molar-refractivity contribution in [2.24, 2.45) is 0 Å². The van der Waals surface area contributed by atoms with Crippen molar-refractivity contribution in [2.45, 2.75) is 0 Å². The Kier molecular flexibility index (Phi) is 10.2. The van der Waals surface area contributed by atoms with Crippen LogP contribution in [-0.4, -0.2) is 29.9 Å². The third kappa shape index (κ3) is 7.75. The average Bonchev–Trinajstić information content (AvgIpc) is 3.37. The lowest BCUT2D eigenvalue weighted by molar-refractivity contribution is 1.07. The van der Waals surface area contributed by atoms with Crippen molar-refractivity contribution in [1.82, 2.24) is 29.9 Å². The first-order chi connectivity index (χ1) is 30.7. The summed E-state index contributed by atoms with van der Waals surface area (Å²) in [7, 11) is 0. The zero-order valence-electron chi connectivity index (χ0n) is 33.3. The smallest absolute Gasteiger partial charge is 0.164 e. The van der Waals surface area contributed by atoms with Crippen LogP contribution >= 0.6 is 0 Å². The van der Waals surface area contributed by atoms with Gasteiger partial charge in [-0.05, 0) is 57.6 Å². The standard InChI is InChI=1S/C55H35N7/c56-36-37-17-15-27-43(33-37)47-32-31-44(46-29-13-14-30-48(46)54-59-50(39-20-7-2-8-21-39)57-51(60-54)40-22-9-3-10-23-40)35-49(47)55-61-52(41-24-11-4-12-25-41)58-53(62-55)45-28-16-26-42(34-45)38-18-5-1-6-19-38/h1-35H. The average molecular weight is 794 g/mol. The third-order valence-electron chi connectivity index (χ3n) is 10.6. The molecule has 0 amide bonds. The molecule has 0 atom stereocenters. The molecule has 2 aromatic heterocycles. The van der Waals surface area contributed by atoms with Crippen LogP contribution in [0.25, 0.3) is 102 Å². The minimum atomic E-state index is 0.494. The molecule has 0 aliphatic rings. The van der Waals surface area contributed by atoms with Gasteiger partial charge in [-0.3, -0.25) is 0 Å². The summed E-state index contributed by atoms with van der Waals surface area (Å²) in [6.07, 6.45) is 0. The molecule has 0 saturated carbocycles. The highest BCUT2D eigenvalue weighted by Crippen LogP contribution is 2.39. The Morgan fingerprint density at radius 3 is 1.19 bits per heavy atom. The van der Waals surface area contributed by atoms with Gasteiger partial charge in [0.2, 0.25) is 0 Å². The summed E-state index contributed by atoms with van der Waals surface area (Å²) < 4.78 is 0. The summed E-state index contributed by atoms with van der Waals surface area (Å²) >= 11 is 0. The van der Waals surface area contributed by atoms with E-state index in [0.717, 1.165) is 66.8 Å². The Morgan fingerprint density at radius 1 is 0.242 bits per heavy atom. The van der Waals surface area contributed by atoms with E-state index in [0.29, 0.717) is 40.5 Å². The number of hydrogen-bond acceptors (Lipinski definition) is 7. The van der Waals surface area contributed by atoms with Crippen molar-refractivity contribution in [3.8, 4) is 108 Å². The Labute approximate surface area is 359 Å². The molecule has 0 N–H and O–H groups in total. The molecule has 62 heavy (non-hydrogen) atoms. The first-order valence-electron chi connectivity index (χ1n) is 20.3. The number of benzene rings is 8. The van der Waals surface area contributed by atoms with Crippen LogP contribution in [0.5, 0.6) is 0 Å². The number of nitrogens with zero attached hydrogens (tertiary/aromatic N) is 7.